The van der Waals surface area contributed by atoms with E-state index in [1.54, 1.807) is 12.4 Å². The Morgan fingerprint density at radius 3 is 2.43 bits per heavy atom. The summed E-state index contributed by atoms with van der Waals surface area (Å²) in [5.41, 5.74) is 8.29. The number of rotatable bonds is 2. The Morgan fingerprint density at radius 1 is 1.07 bits per heavy atom. The summed E-state index contributed by atoms with van der Waals surface area (Å²) in [5, 5.41) is 0. The molecule has 4 rings (SSSR count). The van der Waals surface area contributed by atoms with Gasteiger partial charge in [-0.1, -0.05) is 24.1 Å². The summed E-state index contributed by atoms with van der Waals surface area (Å²) in [7, 11) is 11.6. The first kappa shape index (κ1) is 21.4. The van der Waals surface area contributed by atoms with Gasteiger partial charge in [-0.15, -0.1) is 0 Å². The van der Waals surface area contributed by atoms with Gasteiger partial charge >= 0.3 is 94.7 Å². The van der Waals surface area contributed by atoms with E-state index in [9.17, 15) is 0 Å². The zero-order valence-corrected chi connectivity index (χ0v) is 19.5. The van der Waals surface area contributed by atoms with Gasteiger partial charge in [0.15, 0.2) is 0 Å². The molecule has 1 aromatic heterocycles. The van der Waals surface area contributed by atoms with E-state index >= 15 is 0 Å². The minimum absolute atomic E-state index is 0.856. The molecular formula is C22H24Cl2N3Ru-. The van der Waals surface area contributed by atoms with Crippen molar-refractivity contribution in [2.75, 3.05) is 11.4 Å². The van der Waals surface area contributed by atoms with Gasteiger partial charge in [0.05, 0.1) is 0 Å². The van der Waals surface area contributed by atoms with Gasteiger partial charge in [-0.25, -0.2) is 6.54 Å². The van der Waals surface area contributed by atoms with Crippen molar-refractivity contribution in [1.29, 1.82) is 0 Å². The van der Waals surface area contributed by atoms with Crippen LogP contribution in [-0.4, -0.2) is 21.1 Å². The van der Waals surface area contributed by atoms with Gasteiger partial charge in [-0.05, 0) is 38.4 Å². The van der Waals surface area contributed by atoms with Crippen molar-refractivity contribution in [3.05, 3.63) is 71.5 Å². The number of nitrogens with zero attached hydrogens (tertiary/aromatic N) is 3. The number of aryl methyl sites for hydroxylation is 3. The van der Waals surface area contributed by atoms with Gasteiger partial charge in [0.25, 0.3) is 0 Å². The number of aromatic nitrogens is 2. The molecule has 2 heterocycles. The van der Waals surface area contributed by atoms with E-state index < -0.39 is 13.5 Å². The topological polar surface area (TPSA) is 29.0 Å². The second-order valence-electron chi connectivity index (χ2n) is 6.84. The normalized spacial score (nSPS) is 13.9. The van der Waals surface area contributed by atoms with E-state index in [-0.39, 0.29) is 0 Å². The Bertz CT molecular complexity index is 966. The van der Waals surface area contributed by atoms with Gasteiger partial charge in [0, 0.05) is 5.69 Å². The Morgan fingerprint density at radius 2 is 1.79 bits per heavy atom. The molecule has 0 saturated carbocycles. The molecule has 0 radical (unpaired) electrons. The van der Waals surface area contributed by atoms with E-state index in [2.05, 4.69) is 54.3 Å². The summed E-state index contributed by atoms with van der Waals surface area (Å²) in [5.74, 6) is 0. The summed E-state index contributed by atoms with van der Waals surface area (Å²) >= 11 is -1.79. The fourth-order valence-electron chi connectivity index (χ4n) is 3.61. The molecule has 6 heteroatoms. The maximum absolute atomic E-state index is 5.82. The van der Waals surface area contributed by atoms with Crippen LogP contribution in [0, 0.1) is 27.3 Å². The van der Waals surface area contributed by atoms with Crippen molar-refractivity contribution in [3.63, 3.8) is 0 Å². The number of hydrogen-bond acceptors (Lipinski definition) is 3. The number of anilines is 1. The van der Waals surface area contributed by atoms with Crippen LogP contribution in [0.25, 0.3) is 11.0 Å². The van der Waals surface area contributed by atoms with E-state index in [1.807, 2.05) is 22.8 Å². The minimum atomic E-state index is -1.79. The third-order valence-corrected chi connectivity index (χ3v) is 6.42. The molecule has 1 saturated heterocycles. The standard InChI is InChI=1S/C13H18N.C9H6N2.2ClH.Ru/c1-10-8-11(2)13(12(3)9-10)14-6-4-5-7-14;1-7-3-2-4-8-9(7)11-6-5-10-8;;;/h6,8-9H,4-5,7H2,1-3H3;1-6H;2*1H;/q-1;;;;+2/p-2. The van der Waals surface area contributed by atoms with Crippen LogP contribution in [0.1, 0.15) is 35.1 Å². The number of benzene rings is 2. The molecule has 2 aromatic carbocycles. The average molecular weight is 502 g/mol. The summed E-state index contributed by atoms with van der Waals surface area (Å²) in [6, 6.07) is 10.3. The zero-order chi connectivity index (χ0) is 20.1. The molecule has 3 nitrogen and oxygen atoms in total. The third-order valence-electron chi connectivity index (χ3n) is 4.59. The third kappa shape index (κ3) is 5.38. The number of halogens is 2. The molecule has 0 amide bonds. The van der Waals surface area contributed by atoms with Crippen LogP contribution in [0.2, 0.25) is 0 Å². The molecule has 0 spiro atoms. The van der Waals surface area contributed by atoms with Crippen LogP contribution in [0.5, 0.6) is 0 Å². The number of fused-ring (bicyclic) bond motifs is 1. The van der Waals surface area contributed by atoms with Crippen LogP contribution < -0.4 is 4.90 Å². The Hall–Kier alpha value is -1.35. The molecule has 28 heavy (non-hydrogen) atoms. The van der Waals surface area contributed by atoms with E-state index in [0.29, 0.717) is 0 Å². The predicted octanol–water partition coefficient (Wildman–Crippen LogP) is 6.08. The van der Waals surface area contributed by atoms with Crippen LogP contribution in [0.15, 0.2) is 42.7 Å². The molecule has 1 fully saturated rings. The van der Waals surface area contributed by atoms with Gasteiger partial charge in [-0.3, -0.25) is 0 Å². The van der Waals surface area contributed by atoms with Crippen molar-refractivity contribution in [3.8, 4) is 0 Å². The second kappa shape index (κ2) is 9.92. The molecule has 0 N–H and O–H groups in total. The molecule has 0 unspecified atom stereocenters. The summed E-state index contributed by atoms with van der Waals surface area (Å²) in [6.07, 6.45) is 5.86. The second-order valence-corrected chi connectivity index (χ2v) is 12.6. The SMILES string of the molecule is Cc1cc(C)c(N2[CH-]CCC2)c(C)c1.[Cl][Ru]([Cl])=[CH]c1cccc2nccnc12. The Labute approximate surface area is 180 Å². The maximum atomic E-state index is 5.82. The van der Waals surface area contributed by atoms with Crippen molar-refractivity contribution >= 4 is 40.7 Å². The first-order valence-electron chi connectivity index (χ1n) is 9.16. The van der Waals surface area contributed by atoms with E-state index in [4.69, 9.17) is 19.4 Å². The monoisotopic (exact) mass is 502 g/mol. The average Bonchev–Trinajstić information content (AvgIpc) is 3.15. The first-order valence-corrected chi connectivity index (χ1v) is 14.6. The van der Waals surface area contributed by atoms with Gasteiger partial charge in [-0.2, -0.15) is 6.42 Å². The molecular weight excluding hydrogens is 478 g/mol. The number of para-hydroxylation sites is 1. The molecule has 0 bridgehead atoms. The van der Waals surface area contributed by atoms with Crippen molar-refractivity contribution in [2.45, 2.75) is 33.6 Å². The van der Waals surface area contributed by atoms with Crippen molar-refractivity contribution < 1.29 is 13.5 Å². The van der Waals surface area contributed by atoms with Crippen LogP contribution in [-0.2, 0) is 13.5 Å². The fraction of sp³-hybridized carbons (Fsp3) is 0.273. The van der Waals surface area contributed by atoms with Crippen molar-refractivity contribution in [2.24, 2.45) is 0 Å². The van der Waals surface area contributed by atoms with Gasteiger partial charge in [0.1, 0.15) is 0 Å². The summed E-state index contributed by atoms with van der Waals surface area (Å²) in [4.78, 5) is 10.8. The van der Waals surface area contributed by atoms with Gasteiger partial charge in [0.2, 0.25) is 0 Å². The molecule has 150 valence electrons. The quantitative estimate of drug-likeness (QED) is 0.314. The molecule has 0 aliphatic carbocycles. The van der Waals surface area contributed by atoms with Gasteiger partial charge < -0.3 is 4.90 Å². The number of hydrogen-bond donors (Lipinski definition) is 0. The van der Waals surface area contributed by atoms with E-state index in [1.165, 1.54) is 41.8 Å². The predicted molar refractivity (Wildman–Crippen MR) is 118 cm³/mol. The Balaban J connectivity index is 0.000000161. The Kier molecular flexibility index (Phi) is 7.57. The van der Waals surface area contributed by atoms with Crippen molar-refractivity contribution in [1.82, 2.24) is 9.97 Å². The van der Waals surface area contributed by atoms with Crippen LogP contribution >= 0.6 is 19.4 Å². The molecule has 1 aliphatic heterocycles. The van der Waals surface area contributed by atoms with E-state index in [0.717, 1.165) is 16.6 Å². The fourth-order valence-corrected chi connectivity index (χ4v) is 5.41. The molecule has 0 atom stereocenters. The summed E-state index contributed by atoms with van der Waals surface area (Å²) in [6.45, 7) is 10.1. The zero-order valence-electron chi connectivity index (χ0n) is 16.3. The molecule has 1 aliphatic rings. The van der Waals surface area contributed by atoms with Crippen LogP contribution in [0.4, 0.5) is 5.69 Å². The van der Waals surface area contributed by atoms with Crippen LogP contribution in [0.3, 0.4) is 0 Å². The molecule has 3 aromatic rings. The first-order chi connectivity index (χ1) is 13.5. The summed E-state index contributed by atoms with van der Waals surface area (Å²) < 4.78 is 1.88.